The van der Waals surface area contributed by atoms with Crippen LogP contribution in [-0.4, -0.2) is 30.0 Å². The highest BCUT2D eigenvalue weighted by atomic mass is 79.9. The van der Waals surface area contributed by atoms with Gasteiger partial charge < -0.3 is 0 Å². The maximum atomic E-state index is 12.6. The maximum absolute atomic E-state index is 12.6. The summed E-state index contributed by atoms with van der Waals surface area (Å²) in [6.07, 6.45) is 1.00. The van der Waals surface area contributed by atoms with Crippen LogP contribution in [0.3, 0.4) is 0 Å². The number of halogens is 1. The van der Waals surface area contributed by atoms with Crippen molar-refractivity contribution in [3.8, 4) is 0 Å². The van der Waals surface area contributed by atoms with Crippen molar-refractivity contribution < 1.29 is 19.2 Å². The molecule has 3 rings (SSSR count). The molecule has 8 nitrogen and oxygen atoms in total. The molecule has 142 valence electrons. The van der Waals surface area contributed by atoms with Crippen molar-refractivity contribution in [3.63, 3.8) is 0 Å². The van der Waals surface area contributed by atoms with Crippen molar-refractivity contribution in [1.29, 1.82) is 0 Å². The van der Waals surface area contributed by atoms with Gasteiger partial charge in [0.15, 0.2) is 5.92 Å². The molecule has 0 radical (unpaired) electrons. The van der Waals surface area contributed by atoms with E-state index < -0.39 is 29.7 Å². The largest absolute Gasteiger partial charge is 0.335 e. The van der Waals surface area contributed by atoms with Crippen LogP contribution < -0.4 is 15.6 Å². The number of hydrazone groups is 1. The molecule has 5 amide bonds. The van der Waals surface area contributed by atoms with Crippen LogP contribution in [0.4, 0.5) is 10.5 Å². The molecule has 2 N–H and O–H groups in total. The van der Waals surface area contributed by atoms with Crippen molar-refractivity contribution in [2.75, 3.05) is 4.90 Å². The van der Waals surface area contributed by atoms with Crippen LogP contribution in [-0.2, 0) is 9.59 Å². The third kappa shape index (κ3) is 4.15. The number of imide groups is 2. The molecule has 9 heteroatoms. The highest BCUT2D eigenvalue weighted by Crippen LogP contribution is 2.20. The first kappa shape index (κ1) is 19.4. The van der Waals surface area contributed by atoms with Gasteiger partial charge in [0, 0.05) is 16.3 Å². The van der Waals surface area contributed by atoms with Crippen LogP contribution >= 0.6 is 15.9 Å². The molecule has 1 saturated heterocycles. The van der Waals surface area contributed by atoms with E-state index in [1.54, 1.807) is 48.5 Å². The van der Waals surface area contributed by atoms with Crippen molar-refractivity contribution in [1.82, 2.24) is 10.7 Å². The summed E-state index contributed by atoms with van der Waals surface area (Å²) in [5, 5.41) is 5.82. The smallest absolute Gasteiger partial charge is 0.276 e. The summed E-state index contributed by atoms with van der Waals surface area (Å²) in [5.74, 6) is -3.40. The van der Waals surface area contributed by atoms with Gasteiger partial charge in [-0.25, -0.2) is 15.1 Å². The number of urea groups is 1. The second-order valence-corrected chi connectivity index (χ2v) is 6.92. The fraction of sp³-hybridized carbons (Fsp3) is 0.105. The quantitative estimate of drug-likeness (QED) is 0.430. The molecule has 0 spiro atoms. The molecule has 0 unspecified atom stereocenters. The predicted octanol–water partition coefficient (Wildman–Crippen LogP) is 2.37. The molecule has 28 heavy (non-hydrogen) atoms. The van der Waals surface area contributed by atoms with E-state index in [1.807, 2.05) is 6.92 Å². The number of rotatable bonds is 4. The summed E-state index contributed by atoms with van der Waals surface area (Å²) in [6, 6.07) is 12.4. The number of hydrogen-bond donors (Lipinski definition) is 2. The highest BCUT2D eigenvalue weighted by molar-refractivity contribution is 9.10. The number of amides is 5. The zero-order chi connectivity index (χ0) is 20.3. The molecule has 1 aliphatic heterocycles. The molecule has 2 aromatic rings. The SMILES string of the molecule is Cc1ccc(N2C(=O)NC(=O)[C@H](/C=N\NC(=O)c3ccc(Br)cc3)C2=O)cc1. The zero-order valence-electron chi connectivity index (χ0n) is 14.7. The second kappa shape index (κ2) is 8.13. The van der Waals surface area contributed by atoms with Gasteiger partial charge in [-0.2, -0.15) is 5.10 Å². The molecule has 2 aromatic carbocycles. The van der Waals surface area contributed by atoms with Crippen LogP contribution in [0.25, 0.3) is 0 Å². The molecule has 1 aliphatic rings. The van der Waals surface area contributed by atoms with Crippen molar-refractivity contribution >= 4 is 51.6 Å². The van der Waals surface area contributed by atoms with Gasteiger partial charge in [0.25, 0.3) is 11.8 Å². The summed E-state index contributed by atoms with van der Waals surface area (Å²) in [6.45, 7) is 1.87. The number of benzene rings is 2. The standard InChI is InChI=1S/C19H15BrN4O4/c1-11-2-8-14(9-3-11)24-18(27)15(17(26)22-19(24)28)10-21-23-16(25)12-4-6-13(20)7-5-12/h2-10,15H,1H3,(H,23,25)(H,22,26,28)/b21-10-/t15-/m0/s1. The van der Waals surface area contributed by atoms with Gasteiger partial charge >= 0.3 is 6.03 Å². The number of anilines is 1. The summed E-state index contributed by atoms with van der Waals surface area (Å²) in [7, 11) is 0. The lowest BCUT2D eigenvalue weighted by Crippen LogP contribution is -2.58. The Labute approximate surface area is 168 Å². The Kier molecular flexibility index (Phi) is 5.65. The van der Waals surface area contributed by atoms with E-state index in [-0.39, 0.29) is 0 Å². The highest BCUT2D eigenvalue weighted by Gasteiger charge is 2.40. The van der Waals surface area contributed by atoms with Crippen molar-refractivity contribution in [3.05, 3.63) is 64.1 Å². The fourth-order valence-corrected chi connectivity index (χ4v) is 2.76. The molecule has 0 aromatic heterocycles. The summed E-state index contributed by atoms with van der Waals surface area (Å²) >= 11 is 3.27. The topological polar surface area (TPSA) is 108 Å². The molecule has 1 heterocycles. The van der Waals surface area contributed by atoms with E-state index in [4.69, 9.17) is 0 Å². The monoisotopic (exact) mass is 442 g/mol. The molecular weight excluding hydrogens is 428 g/mol. The van der Waals surface area contributed by atoms with Gasteiger partial charge in [0.05, 0.1) is 5.69 Å². The summed E-state index contributed by atoms with van der Waals surface area (Å²) in [4.78, 5) is 49.7. The number of nitrogens with one attached hydrogen (secondary N) is 2. The minimum atomic E-state index is -1.34. The number of barbiturate groups is 1. The molecule has 0 bridgehead atoms. The van der Waals surface area contributed by atoms with Crippen molar-refractivity contribution in [2.45, 2.75) is 6.92 Å². The van der Waals surface area contributed by atoms with Crippen LogP contribution in [0.15, 0.2) is 58.1 Å². The first-order valence-corrected chi connectivity index (χ1v) is 9.00. The van der Waals surface area contributed by atoms with E-state index in [9.17, 15) is 19.2 Å². The Balaban J connectivity index is 1.74. The van der Waals surface area contributed by atoms with Gasteiger partial charge in [-0.1, -0.05) is 33.6 Å². The molecule has 1 atom stereocenters. The van der Waals surface area contributed by atoms with Crippen LogP contribution in [0.1, 0.15) is 15.9 Å². The lowest BCUT2D eigenvalue weighted by Gasteiger charge is -2.28. The van der Waals surface area contributed by atoms with Gasteiger partial charge in [-0.3, -0.25) is 19.7 Å². The van der Waals surface area contributed by atoms with Crippen molar-refractivity contribution in [2.24, 2.45) is 11.0 Å². The van der Waals surface area contributed by atoms with E-state index >= 15 is 0 Å². The number of carbonyl (C=O) groups is 4. The summed E-state index contributed by atoms with van der Waals surface area (Å²) < 4.78 is 0.817. The Hall–Kier alpha value is -3.33. The lowest BCUT2D eigenvalue weighted by molar-refractivity contribution is -0.131. The van der Waals surface area contributed by atoms with Crippen LogP contribution in [0, 0.1) is 12.8 Å². The average molecular weight is 443 g/mol. The lowest BCUT2D eigenvalue weighted by atomic mass is 10.1. The molecular formula is C19H15BrN4O4. The zero-order valence-corrected chi connectivity index (χ0v) is 16.3. The minimum Gasteiger partial charge on any atom is -0.276 e. The third-order valence-electron chi connectivity index (χ3n) is 3.99. The number of hydrogen-bond acceptors (Lipinski definition) is 5. The Bertz CT molecular complexity index is 970. The van der Waals surface area contributed by atoms with Gasteiger partial charge in [0.1, 0.15) is 0 Å². The van der Waals surface area contributed by atoms with Gasteiger partial charge in [0.2, 0.25) is 5.91 Å². The van der Waals surface area contributed by atoms with Crippen LogP contribution in [0.2, 0.25) is 0 Å². The normalized spacial score (nSPS) is 17.0. The summed E-state index contributed by atoms with van der Waals surface area (Å²) in [5.41, 5.74) is 3.91. The van der Waals surface area contributed by atoms with Gasteiger partial charge in [-0.05, 0) is 43.3 Å². The van der Waals surface area contributed by atoms with Gasteiger partial charge in [-0.15, -0.1) is 0 Å². The first-order chi connectivity index (χ1) is 13.4. The number of aryl methyl sites for hydroxylation is 1. The Morgan fingerprint density at radius 1 is 1.11 bits per heavy atom. The second-order valence-electron chi connectivity index (χ2n) is 6.01. The predicted molar refractivity (Wildman–Crippen MR) is 106 cm³/mol. The minimum absolute atomic E-state index is 0.331. The average Bonchev–Trinajstić information content (AvgIpc) is 2.66. The molecule has 1 fully saturated rings. The molecule has 0 aliphatic carbocycles. The van der Waals surface area contributed by atoms with E-state index in [0.29, 0.717) is 11.3 Å². The third-order valence-corrected chi connectivity index (χ3v) is 4.52. The number of carbonyl (C=O) groups excluding carboxylic acids is 4. The fourth-order valence-electron chi connectivity index (χ4n) is 2.50. The first-order valence-electron chi connectivity index (χ1n) is 8.21. The Morgan fingerprint density at radius 3 is 2.39 bits per heavy atom. The van der Waals surface area contributed by atoms with E-state index in [0.717, 1.165) is 21.2 Å². The maximum Gasteiger partial charge on any atom is 0.335 e. The van der Waals surface area contributed by atoms with Crippen LogP contribution in [0.5, 0.6) is 0 Å². The number of nitrogens with zero attached hydrogens (tertiary/aromatic N) is 2. The van der Waals surface area contributed by atoms with E-state index in [1.165, 1.54) is 0 Å². The molecule has 0 saturated carbocycles. The van der Waals surface area contributed by atoms with E-state index in [2.05, 4.69) is 31.8 Å². The Morgan fingerprint density at radius 2 is 1.75 bits per heavy atom.